The number of carbonyl (C=O) groups is 1. The van der Waals surface area contributed by atoms with Gasteiger partial charge in [0.15, 0.2) is 18.9 Å². The Morgan fingerprint density at radius 2 is 0.790 bits per heavy atom. The number of amides is 1. The van der Waals surface area contributed by atoms with Crippen molar-refractivity contribution in [1.82, 2.24) is 5.32 Å². The summed E-state index contributed by atoms with van der Waals surface area (Å²) in [5.74, 6) is -0.293. The molecule has 81 heavy (non-hydrogen) atoms. The van der Waals surface area contributed by atoms with E-state index in [-0.39, 0.29) is 18.9 Å². The summed E-state index contributed by atoms with van der Waals surface area (Å²) in [6, 6.07) is -0.997. The van der Waals surface area contributed by atoms with Gasteiger partial charge in [0.1, 0.15) is 73.2 Å². The Hall–Kier alpha value is -2.25. The lowest BCUT2D eigenvalue weighted by molar-refractivity contribution is -0.379. The Labute approximate surface area is 484 Å². The topological polar surface area (TPSA) is 307 Å². The fourth-order valence-electron chi connectivity index (χ4n) is 10.4. The van der Waals surface area contributed by atoms with E-state index in [2.05, 4.69) is 55.6 Å². The Kier molecular flexibility index (Phi) is 40.7. The van der Waals surface area contributed by atoms with Gasteiger partial charge in [-0.2, -0.15) is 0 Å². The Balaban J connectivity index is 1.51. The van der Waals surface area contributed by atoms with Gasteiger partial charge < -0.3 is 89.9 Å². The molecule has 0 radical (unpaired) electrons. The molecule has 0 spiro atoms. The molecule has 3 aliphatic heterocycles. The quantitative estimate of drug-likeness (QED) is 0.0236. The molecule has 0 aromatic heterocycles. The van der Waals surface area contributed by atoms with Crippen molar-refractivity contribution < 1.29 is 89.4 Å². The van der Waals surface area contributed by atoms with E-state index in [0.717, 1.165) is 57.8 Å². The Bertz CT molecular complexity index is 1670. The summed E-state index contributed by atoms with van der Waals surface area (Å²) in [4.78, 5) is 13.3. The highest BCUT2D eigenvalue weighted by Gasteiger charge is 2.53. The molecule has 0 saturated carbocycles. The van der Waals surface area contributed by atoms with Gasteiger partial charge in [-0.15, -0.1) is 0 Å². The minimum absolute atomic E-state index is 0.229. The summed E-state index contributed by atoms with van der Waals surface area (Å²) in [6.45, 7) is 1.68. The highest BCUT2D eigenvalue weighted by Crippen LogP contribution is 2.33. The molecule has 0 aliphatic carbocycles. The van der Waals surface area contributed by atoms with Crippen molar-refractivity contribution in [2.75, 3.05) is 26.4 Å². The first kappa shape index (κ1) is 73.0. The van der Waals surface area contributed by atoms with E-state index in [1.165, 1.54) is 116 Å². The van der Waals surface area contributed by atoms with Crippen LogP contribution in [0.25, 0.3) is 0 Å². The third-order valence-electron chi connectivity index (χ3n) is 15.6. The van der Waals surface area contributed by atoms with E-state index >= 15 is 0 Å². The van der Waals surface area contributed by atoms with E-state index < -0.39 is 124 Å². The smallest absolute Gasteiger partial charge is 0.220 e. The van der Waals surface area contributed by atoms with Crippen molar-refractivity contribution in [2.45, 2.75) is 311 Å². The summed E-state index contributed by atoms with van der Waals surface area (Å²) in [5.41, 5.74) is 0. The number of hydrogen-bond acceptors (Lipinski definition) is 18. The molecule has 1 amide bonds. The SMILES string of the molecule is CCCCCCCC/C=C\CCCCCCCCCCCC(=O)NC(COC1OC(CO)C(OC2OC(CO)C(OC3OC(CO)C(O)C(O)C3O)C(O)C2O)C(O)C1O)C(O)/C=C/CC/C=C/CC/C=C/CCCCCCCCC. The first-order valence-corrected chi connectivity index (χ1v) is 31.4. The van der Waals surface area contributed by atoms with Crippen molar-refractivity contribution in [1.29, 1.82) is 0 Å². The predicted molar refractivity (Wildman–Crippen MR) is 309 cm³/mol. The lowest BCUT2D eigenvalue weighted by Crippen LogP contribution is -2.66. The van der Waals surface area contributed by atoms with Crippen LogP contribution in [0.4, 0.5) is 0 Å². The second-order valence-electron chi connectivity index (χ2n) is 22.5. The number of hydrogen-bond donors (Lipinski definition) is 12. The molecule has 12 N–H and O–H groups in total. The first-order chi connectivity index (χ1) is 39.3. The van der Waals surface area contributed by atoms with Gasteiger partial charge in [0, 0.05) is 6.42 Å². The summed E-state index contributed by atoms with van der Waals surface area (Å²) in [7, 11) is 0. The number of rotatable bonds is 46. The summed E-state index contributed by atoms with van der Waals surface area (Å²) < 4.78 is 34.2. The molecule has 17 atom stereocenters. The van der Waals surface area contributed by atoms with Crippen LogP contribution >= 0.6 is 0 Å². The molecule has 17 unspecified atom stereocenters. The number of allylic oxidation sites excluding steroid dienone is 7. The molecule has 3 saturated heterocycles. The fraction of sp³-hybridized carbons (Fsp3) is 0.855. The van der Waals surface area contributed by atoms with Crippen molar-refractivity contribution >= 4 is 5.91 Å². The Morgan fingerprint density at radius 3 is 1.23 bits per heavy atom. The number of carbonyl (C=O) groups excluding carboxylic acids is 1. The van der Waals surface area contributed by atoms with Crippen LogP contribution in [-0.4, -0.2) is 193 Å². The molecule has 0 aromatic carbocycles. The van der Waals surface area contributed by atoms with Gasteiger partial charge in [0.2, 0.25) is 5.91 Å². The number of aliphatic hydroxyl groups is 11. The molecular weight excluding hydrogens is 1050 g/mol. The minimum atomic E-state index is -1.98. The maximum absolute atomic E-state index is 13.3. The largest absolute Gasteiger partial charge is 0.394 e. The van der Waals surface area contributed by atoms with Crippen molar-refractivity contribution in [3.8, 4) is 0 Å². The summed E-state index contributed by atoms with van der Waals surface area (Å²) in [5, 5.41) is 120. The predicted octanol–water partition coefficient (Wildman–Crippen LogP) is 6.26. The minimum Gasteiger partial charge on any atom is -0.394 e. The van der Waals surface area contributed by atoms with Crippen LogP contribution < -0.4 is 5.32 Å². The molecule has 3 rings (SSSR count). The van der Waals surface area contributed by atoms with Crippen molar-refractivity contribution in [2.24, 2.45) is 0 Å². The molecule has 472 valence electrons. The second kappa shape index (κ2) is 45.1. The van der Waals surface area contributed by atoms with Gasteiger partial charge in [-0.25, -0.2) is 0 Å². The van der Waals surface area contributed by atoms with E-state index in [1.54, 1.807) is 6.08 Å². The van der Waals surface area contributed by atoms with Gasteiger partial charge in [-0.1, -0.05) is 178 Å². The second-order valence-corrected chi connectivity index (χ2v) is 22.5. The van der Waals surface area contributed by atoms with Gasteiger partial charge >= 0.3 is 0 Å². The van der Waals surface area contributed by atoms with Crippen LogP contribution in [0, 0.1) is 0 Å². The van der Waals surface area contributed by atoms with Crippen LogP contribution in [-0.2, 0) is 33.2 Å². The third-order valence-corrected chi connectivity index (χ3v) is 15.6. The van der Waals surface area contributed by atoms with Gasteiger partial charge in [0.25, 0.3) is 0 Å². The van der Waals surface area contributed by atoms with Crippen LogP contribution in [0.1, 0.15) is 206 Å². The normalized spacial score (nSPS) is 30.1. The molecule has 3 fully saturated rings. The lowest BCUT2D eigenvalue weighted by Gasteiger charge is -2.48. The molecule has 19 heteroatoms. The number of nitrogens with one attached hydrogen (secondary N) is 1. The van der Waals surface area contributed by atoms with E-state index in [9.17, 15) is 61.0 Å². The van der Waals surface area contributed by atoms with Gasteiger partial charge in [0.05, 0.1) is 38.6 Å². The van der Waals surface area contributed by atoms with Gasteiger partial charge in [-0.3, -0.25) is 4.79 Å². The molecule has 0 bridgehead atoms. The third kappa shape index (κ3) is 28.7. The zero-order valence-electron chi connectivity index (χ0n) is 49.3. The lowest BCUT2D eigenvalue weighted by atomic mass is 9.96. The first-order valence-electron chi connectivity index (χ1n) is 31.4. The zero-order chi connectivity index (χ0) is 59.0. The van der Waals surface area contributed by atoms with Crippen molar-refractivity contribution in [3.05, 3.63) is 48.6 Å². The zero-order valence-corrected chi connectivity index (χ0v) is 49.3. The highest BCUT2D eigenvalue weighted by molar-refractivity contribution is 5.76. The molecule has 3 heterocycles. The van der Waals surface area contributed by atoms with Crippen molar-refractivity contribution in [3.63, 3.8) is 0 Å². The summed E-state index contributed by atoms with van der Waals surface area (Å²) >= 11 is 0. The van der Waals surface area contributed by atoms with Crippen LogP contribution in [0.3, 0.4) is 0 Å². The highest BCUT2D eigenvalue weighted by atomic mass is 16.8. The average molecular weight is 1160 g/mol. The number of aliphatic hydroxyl groups excluding tert-OH is 11. The van der Waals surface area contributed by atoms with Crippen LogP contribution in [0.15, 0.2) is 48.6 Å². The standard InChI is InChI=1S/C62H111NO18/c1-3-5-7-9-11-13-15-17-19-21-22-24-26-28-30-32-34-36-38-40-50(68)63-45(46(67)39-37-35-33-31-29-27-25-23-20-18-16-14-12-10-8-6-4-2)44-76-60-56(74)53(71)58(48(42-65)78-60)81-62-57(75)54(72)59(49(43-66)79-62)80-61-55(73)52(70)51(69)47(41-64)77-61/h17,19-20,23,29,31,37,39,45-49,51-62,64-67,69-75H,3-16,18,21-22,24-28,30,32-36,38,40-44H2,1-2H3,(H,63,68)/b19-17-,23-20+,31-29+,39-37+. The molecular formula is C62H111NO18. The van der Waals surface area contributed by atoms with E-state index in [4.69, 9.17) is 28.4 Å². The number of unbranched alkanes of at least 4 members (excludes halogenated alkanes) is 24. The van der Waals surface area contributed by atoms with Crippen LogP contribution in [0.2, 0.25) is 0 Å². The molecule has 3 aliphatic rings. The maximum Gasteiger partial charge on any atom is 0.220 e. The number of ether oxygens (including phenoxy) is 6. The summed E-state index contributed by atoms with van der Waals surface area (Å²) in [6.07, 6.45) is 23.7. The van der Waals surface area contributed by atoms with Crippen LogP contribution in [0.5, 0.6) is 0 Å². The van der Waals surface area contributed by atoms with Gasteiger partial charge in [-0.05, 0) is 70.6 Å². The monoisotopic (exact) mass is 1160 g/mol. The fourth-order valence-corrected chi connectivity index (χ4v) is 10.4. The maximum atomic E-state index is 13.3. The molecule has 0 aromatic rings. The molecule has 19 nitrogen and oxygen atoms in total. The van der Waals surface area contributed by atoms with E-state index in [1.807, 2.05) is 6.08 Å². The Morgan fingerprint density at radius 1 is 0.432 bits per heavy atom. The van der Waals surface area contributed by atoms with E-state index in [0.29, 0.717) is 12.8 Å². The average Bonchev–Trinajstić information content (AvgIpc) is 3.51.